The monoisotopic (exact) mass is 386 g/mol. The van der Waals surface area contributed by atoms with Crippen molar-refractivity contribution in [1.82, 2.24) is 9.97 Å². The van der Waals surface area contributed by atoms with Crippen molar-refractivity contribution in [3.63, 3.8) is 0 Å². The standard InChI is InChI=1S/C16H11BrN2O.2C2H6/c1-10(20)13-8-16(11-2-4-12(17)5-3-11)19-15-6-7-18-9-14(13)15;2*1-2/h2-9H,1H3;2*1-2H3. The summed E-state index contributed by atoms with van der Waals surface area (Å²) in [6, 6.07) is 11.5. The predicted molar refractivity (Wildman–Crippen MR) is 105 cm³/mol. The second kappa shape index (κ2) is 9.93. The molecule has 0 N–H and O–H groups in total. The number of hydrogen-bond acceptors (Lipinski definition) is 3. The molecule has 2 aromatic heterocycles. The average Bonchev–Trinajstić information content (AvgIpc) is 2.64. The van der Waals surface area contributed by atoms with E-state index in [1.807, 2.05) is 64.1 Å². The fraction of sp³-hybridized carbons (Fsp3) is 0.250. The van der Waals surface area contributed by atoms with E-state index in [9.17, 15) is 4.79 Å². The van der Waals surface area contributed by atoms with Gasteiger partial charge >= 0.3 is 0 Å². The van der Waals surface area contributed by atoms with Crippen molar-refractivity contribution < 1.29 is 4.79 Å². The molecule has 3 aromatic rings. The van der Waals surface area contributed by atoms with Crippen LogP contribution in [0, 0.1) is 0 Å². The Hall–Kier alpha value is -2.07. The summed E-state index contributed by atoms with van der Waals surface area (Å²) in [6.07, 6.45) is 3.37. The molecule has 0 saturated heterocycles. The zero-order chi connectivity index (χ0) is 18.1. The largest absolute Gasteiger partial charge is 0.294 e. The smallest absolute Gasteiger partial charge is 0.160 e. The zero-order valence-electron chi connectivity index (χ0n) is 14.8. The summed E-state index contributed by atoms with van der Waals surface area (Å²) in [7, 11) is 0. The van der Waals surface area contributed by atoms with Gasteiger partial charge in [0.15, 0.2) is 5.78 Å². The second-order valence-electron chi connectivity index (χ2n) is 4.51. The van der Waals surface area contributed by atoms with Crippen LogP contribution in [0.1, 0.15) is 45.0 Å². The van der Waals surface area contributed by atoms with Crippen LogP contribution in [0.4, 0.5) is 0 Å². The topological polar surface area (TPSA) is 42.9 Å². The van der Waals surface area contributed by atoms with E-state index in [4.69, 9.17) is 0 Å². The number of rotatable bonds is 2. The van der Waals surface area contributed by atoms with Crippen LogP contribution >= 0.6 is 15.9 Å². The molecule has 0 saturated carbocycles. The molecular formula is C20H23BrN2O. The maximum atomic E-state index is 11.8. The number of ketones is 1. The molecular weight excluding hydrogens is 364 g/mol. The van der Waals surface area contributed by atoms with Gasteiger partial charge in [-0.25, -0.2) is 4.98 Å². The Morgan fingerprint density at radius 3 is 2.21 bits per heavy atom. The van der Waals surface area contributed by atoms with Gasteiger partial charge in [0.25, 0.3) is 0 Å². The number of hydrogen-bond donors (Lipinski definition) is 0. The van der Waals surface area contributed by atoms with Crippen molar-refractivity contribution >= 4 is 32.6 Å². The summed E-state index contributed by atoms with van der Waals surface area (Å²) in [6.45, 7) is 9.56. The Balaban J connectivity index is 0.000000671. The number of benzene rings is 1. The first-order valence-electron chi connectivity index (χ1n) is 8.17. The molecule has 2 heterocycles. The summed E-state index contributed by atoms with van der Waals surface area (Å²) in [5.74, 6) is 0.0174. The summed E-state index contributed by atoms with van der Waals surface area (Å²) >= 11 is 3.41. The van der Waals surface area contributed by atoms with Gasteiger partial charge in [-0.1, -0.05) is 55.8 Å². The molecule has 0 fully saturated rings. The summed E-state index contributed by atoms with van der Waals surface area (Å²) in [5.41, 5.74) is 3.21. The minimum absolute atomic E-state index is 0.0174. The fourth-order valence-corrected chi connectivity index (χ4v) is 2.39. The highest BCUT2D eigenvalue weighted by atomic mass is 79.9. The quantitative estimate of drug-likeness (QED) is 0.484. The lowest BCUT2D eigenvalue weighted by molar-refractivity contribution is 0.101. The molecule has 0 aliphatic rings. The molecule has 0 aliphatic carbocycles. The third-order valence-corrected chi connectivity index (χ3v) is 3.66. The van der Waals surface area contributed by atoms with Crippen LogP contribution in [0.5, 0.6) is 0 Å². The highest BCUT2D eigenvalue weighted by molar-refractivity contribution is 9.10. The Kier molecular flexibility index (Phi) is 8.27. The van der Waals surface area contributed by atoms with Crippen LogP contribution in [0.3, 0.4) is 0 Å². The van der Waals surface area contributed by atoms with Gasteiger partial charge in [0.1, 0.15) is 0 Å². The van der Waals surface area contributed by atoms with Gasteiger partial charge in [0, 0.05) is 33.4 Å². The molecule has 126 valence electrons. The number of nitrogens with zero attached hydrogens (tertiary/aromatic N) is 2. The van der Waals surface area contributed by atoms with E-state index in [0.29, 0.717) is 5.56 Å². The Bertz CT molecular complexity index is 798. The highest BCUT2D eigenvalue weighted by Gasteiger charge is 2.10. The molecule has 3 rings (SSSR count). The van der Waals surface area contributed by atoms with Crippen LogP contribution in [0.25, 0.3) is 22.2 Å². The number of aromatic nitrogens is 2. The first-order chi connectivity index (χ1) is 11.6. The minimum atomic E-state index is 0.0174. The number of fused-ring (bicyclic) bond motifs is 1. The first-order valence-corrected chi connectivity index (χ1v) is 8.96. The van der Waals surface area contributed by atoms with Crippen molar-refractivity contribution in [3.8, 4) is 11.3 Å². The Morgan fingerprint density at radius 1 is 1.00 bits per heavy atom. The number of carbonyl (C=O) groups excluding carboxylic acids is 1. The third kappa shape index (κ3) is 4.71. The van der Waals surface area contributed by atoms with Crippen LogP contribution in [0.2, 0.25) is 0 Å². The van der Waals surface area contributed by atoms with Crippen molar-refractivity contribution in [1.29, 1.82) is 0 Å². The van der Waals surface area contributed by atoms with Crippen LogP contribution < -0.4 is 0 Å². The van der Waals surface area contributed by atoms with Gasteiger partial charge in [0.05, 0.1) is 11.2 Å². The van der Waals surface area contributed by atoms with E-state index in [-0.39, 0.29) is 5.78 Å². The van der Waals surface area contributed by atoms with Crippen molar-refractivity contribution in [3.05, 3.63) is 58.8 Å². The molecule has 0 bridgehead atoms. The molecule has 0 atom stereocenters. The third-order valence-electron chi connectivity index (χ3n) is 3.13. The lowest BCUT2D eigenvalue weighted by Gasteiger charge is -2.07. The van der Waals surface area contributed by atoms with Crippen molar-refractivity contribution in [2.75, 3.05) is 0 Å². The second-order valence-corrected chi connectivity index (χ2v) is 5.43. The summed E-state index contributed by atoms with van der Waals surface area (Å²) in [4.78, 5) is 20.5. The van der Waals surface area contributed by atoms with E-state index >= 15 is 0 Å². The Morgan fingerprint density at radius 2 is 1.62 bits per heavy atom. The van der Waals surface area contributed by atoms with Gasteiger partial charge < -0.3 is 0 Å². The van der Waals surface area contributed by atoms with E-state index in [2.05, 4.69) is 25.9 Å². The minimum Gasteiger partial charge on any atom is -0.294 e. The summed E-state index contributed by atoms with van der Waals surface area (Å²) < 4.78 is 1.01. The SMILES string of the molecule is CC.CC.CC(=O)c1cc(-c2ccc(Br)cc2)nc2ccncc12. The van der Waals surface area contributed by atoms with Crippen molar-refractivity contribution in [2.24, 2.45) is 0 Å². The summed E-state index contributed by atoms with van der Waals surface area (Å²) in [5, 5.41) is 0.792. The molecule has 0 unspecified atom stereocenters. The maximum Gasteiger partial charge on any atom is 0.160 e. The number of pyridine rings is 2. The first kappa shape index (κ1) is 20.0. The molecule has 0 spiro atoms. The van der Waals surface area contributed by atoms with E-state index in [1.165, 1.54) is 0 Å². The average molecular weight is 387 g/mol. The number of halogens is 1. The van der Waals surface area contributed by atoms with Gasteiger partial charge in [-0.3, -0.25) is 9.78 Å². The van der Waals surface area contributed by atoms with Crippen LogP contribution in [-0.2, 0) is 0 Å². The number of carbonyl (C=O) groups is 1. The van der Waals surface area contributed by atoms with Crippen molar-refractivity contribution in [2.45, 2.75) is 34.6 Å². The fourth-order valence-electron chi connectivity index (χ4n) is 2.13. The molecule has 3 nitrogen and oxygen atoms in total. The highest BCUT2D eigenvalue weighted by Crippen LogP contribution is 2.25. The molecule has 1 aromatic carbocycles. The van der Waals surface area contributed by atoms with E-state index in [1.54, 1.807) is 19.3 Å². The van der Waals surface area contributed by atoms with Crippen LogP contribution in [-0.4, -0.2) is 15.8 Å². The normalized spacial score (nSPS) is 9.42. The predicted octanol–water partition coefficient (Wildman–Crippen LogP) is 6.31. The lowest BCUT2D eigenvalue weighted by atomic mass is 10.0. The van der Waals surface area contributed by atoms with E-state index in [0.717, 1.165) is 26.6 Å². The van der Waals surface area contributed by atoms with Crippen LogP contribution in [0.15, 0.2) is 53.3 Å². The van der Waals surface area contributed by atoms with E-state index < -0.39 is 0 Å². The molecule has 0 aliphatic heterocycles. The number of Topliss-reactive ketones (excluding diaryl/α,β-unsaturated/α-hetero) is 1. The van der Waals surface area contributed by atoms with Gasteiger partial charge in [-0.05, 0) is 31.2 Å². The lowest BCUT2D eigenvalue weighted by Crippen LogP contribution is -1.98. The Labute approximate surface area is 152 Å². The molecule has 0 amide bonds. The van der Waals surface area contributed by atoms with Gasteiger partial charge in [-0.15, -0.1) is 0 Å². The maximum absolute atomic E-state index is 11.8. The zero-order valence-corrected chi connectivity index (χ0v) is 16.4. The molecule has 4 heteroatoms. The van der Waals surface area contributed by atoms with Gasteiger partial charge in [-0.2, -0.15) is 0 Å². The molecule has 24 heavy (non-hydrogen) atoms. The molecule has 0 radical (unpaired) electrons. The van der Waals surface area contributed by atoms with Gasteiger partial charge in [0.2, 0.25) is 0 Å².